The zero-order valence-corrected chi connectivity index (χ0v) is 19.2. The van der Waals surface area contributed by atoms with Gasteiger partial charge in [0.1, 0.15) is 22.0 Å². The molecule has 9 heteroatoms. The predicted molar refractivity (Wildman–Crippen MR) is 119 cm³/mol. The summed E-state index contributed by atoms with van der Waals surface area (Å²) in [6.45, 7) is 7.49. The number of hydrogen-bond acceptors (Lipinski definition) is 6. The van der Waals surface area contributed by atoms with Crippen molar-refractivity contribution in [3.05, 3.63) is 53.5 Å². The van der Waals surface area contributed by atoms with Gasteiger partial charge in [-0.2, -0.15) is 0 Å². The van der Waals surface area contributed by atoms with Crippen molar-refractivity contribution >= 4 is 32.6 Å². The first-order chi connectivity index (χ1) is 15.0. The number of rotatable bonds is 5. The van der Waals surface area contributed by atoms with Crippen LogP contribution in [-0.2, 0) is 15.4 Å². The Balaban J connectivity index is 1.66. The fourth-order valence-corrected chi connectivity index (χ4v) is 4.68. The highest BCUT2D eigenvalue weighted by Gasteiger charge is 2.27. The Labute approximate surface area is 186 Å². The molecule has 0 bridgehead atoms. The molecule has 0 unspecified atom stereocenters. The average Bonchev–Trinajstić information content (AvgIpc) is 3.10. The van der Waals surface area contributed by atoms with Crippen molar-refractivity contribution in [3.63, 3.8) is 0 Å². The Hall–Kier alpha value is -3.07. The summed E-state index contributed by atoms with van der Waals surface area (Å²) in [4.78, 5) is 14.6. The van der Waals surface area contributed by atoms with Crippen LogP contribution in [0.1, 0.15) is 43.3 Å². The van der Waals surface area contributed by atoms with E-state index >= 15 is 0 Å². The number of methoxy groups -OCH3 is 1. The lowest BCUT2D eigenvalue weighted by Crippen LogP contribution is -2.36. The molecular weight excluding hydrogens is 435 g/mol. The molecule has 0 aliphatic carbocycles. The largest absolute Gasteiger partial charge is 0.495 e. The minimum atomic E-state index is -4.28. The van der Waals surface area contributed by atoms with Crippen molar-refractivity contribution in [3.8, 4) is 5.75 Å². The molecule has 0 spiro atoms. The molecule has 2 aromatic carbocycles. The van der Waals surface area contributed by atoms with Gasteiger partial charge in [-0.15, -0.1) is 0 Å². The number of hydrogen-bond donors (Lipinski definition) is 1. The molecule has 1 fully saturated rings. The average molecular weight is 461 g/mol. The molecular formula is C23H25FN2O5S. The number of ether oxygens (including phenoxy) is 1. The Bertz CT molecular complexity index is 1300. The van der Waals surface area contributed by atoms with Crippen LogP contribution in [0.4, 0.5) is 10.1 Å². The van der Waals surface area contributed by atoms with E-state index in [4.69, 9.17) is 9.15 Å². The van der Waals surface area contributed by atoms with E-state index in [-0.39, 0.29) is 32.8 Å². The van der Waals surface area contributed by atoms with E-state index in [1.807, 2.05) is 30.4 Å². The van der Waals surface area contributed by atoms with Crippen molar-refractivity contribution in [2.75, 3.05) is 25.1 Å². The van der Waals surface area contributed by atoms with Crippen LogP contribution >= 0.6 is 0 Å². The van der Waals surface area contributed by atoms with Crippen LogP contribution in [0.3, 0.4) is 0 Å². The lowest BCUT2D eigenvalue weighted by atomic mass is 9.87. The number of sulfonamides is 1. The van der Waals surface area contributed by atoms with Gasteiger partial charge in [-0.25, -0.2) is 17.5 Å². The second-order valence-corrected chi connectivity index (χ2v) is 10.5. The van der Waals surface area contributed by atoms with Gasteiger partial charge in [0.15, 0.2) is 5.76 Å². The molecule has 4 rings (SSSR count). The van der Waals surface area contributed by atoms with Gasteiger partial charge in [-0.3, -0.25) is 4.79 Å². The normalized spacial score (nSPS) is 14.3. The summed E-state index contributed by atoms with van der Waals surface area (Å²) in [5, 5.41) is 0.115. The molecule has 0 radical (unpaired) electrons. The first-order valence-corrected chi connectivity index (χ1v) is 11.7. The molecule has 1 aliphatic rings. The second-order valence-electron chi connectivity index (χ2n) is 8.84. The summed E-state index contributed by atoms with van der Waals surface area (Å²) in [5.41, 5.74) is 1.29. The van der Waals surface area contributed by atoms with Gasteiger partial charge in [0.25, 0.3) is 10.0 Å². The van der Waals surface area contributed by atoms with E-state index in [0.717, 1.165) is 25.1 Å². The maximum Gasteiger partial charge on any atom is 0.300 e. The number of furan rings is 1. The van der Waals surface area contributed by atoms with Gasteiger partial charge in [0, 0.05) is 30.9 Å². The standard InChI is InChI=1S/C23H25FN2O5S/c1-23(2,3)14-6-7-18(30-4)21(10-14)32(28,29)25-22(27)20-13-16-17(24)11-15(12-19(16)31-20)26-8-5-9-26/h6-7,10-13H,5,8-9H2,1-4H3,(H,25,27). The van der Waals surface area contributed by atoms with Crippen LogP contribution in [0.2, 0.25) is 0 Å². The number of amides is 1. The van der Waals surface area contributed by atoms with Crippen LogP contribution in [0.15, 0.2) is 45.7 Å². The smallest absolute Gasteiger partial charge is 0.300 e. The monoisotopic (exact) mass is 460 g/mol. The van der Waals surface area contributed by atoms with E-state index in [1.54, 1.807) is 18.2 Å². The van der Waals surface area contributed by atoms with Crippen LogP contribution in [-0.4, -0.2) is 34.5 Å². The zero-order valence-electron chi connectivity index (χ0n) is 18.4. The summed E-state index contributed by atoms with van der Waals surface area (Å²) in [6.07, 6.45) is 1.03. The summed E-state index contributed by atoms with van der Waals surface area (Å²) >= 11 is 0. The molecule has 32 heavy (non-hydrogen) atoms. The molecule has 3 aromatic rings. The van der Waals surface area contributed by atoms with Crippen LogP contribution in [0.25, 0.3) is 11.0 Å². The van der Waals surface area contributed by atoms with E-state index in [1.165, 1.54) is 25.3 Å². The molecule has 1 aromatic heterocycles. The number of nitrogens with one attached hydrogen (secondary N) is 1. The van der Waals surface area contributed by atoms with Crippen LogP contribution < -0.4 is 14.4 Å². The third-order valence-electron chi connectivity index (χ3n) is 5.56. The number of carbonyl (C=O) groups excluding carboxylic acids is 1. The van der Waals surface area contributed by atoms with Gasteiger partial charge in [-0.1, -0.05) is 26.8 Å². The second kappa shape index (κ2) is 7.81. The van der Waals surface area contributed by atoms with Gasteiger partial charge in [0.2, 0.25) is 0 Å². The zero-order chi connectivity index (χ0) is 23.3. The van der Waals surface area contributed by atoms with Crippen LogP contribution in [0.5, 0.6) is 5.75 Å². The molecule has 1 aliphatic heterocycles. The summed E-state index contributed by atoms with van der Waals surface area (Å²) in [5.74, 6) is -1.72. The van der Waals surface area contributed by atoms with E-state index in [9.17, 15) is 17.6 Å². The third-order valence-corrected chi connectivity index (χ3v) is 6.92. The van der Waals surface area contributed by atoms with Gasteiger partial charge >= 0.3 is 5.91 Å². The van der Waals surface area contributed by atoms with Gasteiger partial charge < -0.3 is 14.1 Å². The lowest BCUT2D eigenvalue weighted by molar-refractivity contribution is 0.0956. The number of anilines is 1. The van der Waals surface area contributed by atoms with Crippen molar-refractivity contribution in [2.24, 2.45) is 0 Å². The maximum absolute atomic E-state index is 14.5. The molecule has 170 valence electrons. The number of halogens is 1. The van der Waals surface area contributed by atoms with Crippen molar-refractivity contribution < 1.29 is 26.8 Å². The van der Waals surface area contributed by atoms with Crippen LogP contribution in [0, 0.1) is 5.82 Å². The van der Waals surface area contributed by atoms with E-state index in [2.05, 4.69) is 0 Å². The Morgan fingerprint density at radius 2 is 1.88 bits per heavy atom. The number of benzene rings is 2. The third kappa shape index (κ3) is 4.04. The molecule has 1 saturated heterocycles. The summed E-state index contributed by atoms with van der Waals surface area (Å²) < 4.78 is 53.3. The van der Waals surface area contributed by atoms with Gasteiger partial charge in [-0.05, 0) is 35.6 Å². The first-order valence-electron chi connectivity index (χ1n) is 10.2. The SMILES string of the molecule is COc1ccc(C(C)(C)C)cc1S(=O)(=O)NC(=O)c1cc2c(F)cc(N3CCC3)cc2o1. The number of carbonyl (C=O) groups is 1. The molecule has 2 heterocycles. The summed E-state index contributed by atoms with van der Waals surface area (Å²) in [7, 11) is -2.93. The Morgan fingerprint density at radius 3 is 2.47 bits per heavy atom. The number of fused-ring (bicyclic) bond motifs is 1. The molecule has 0 atom stereocenters. The number of nitrogens with zero attached hydrogens (tertiary/aromatic N) is 1. The maximum atomic E-state index is 14.5. The fourth-order valence-electron chi connectivity index (χ4n) is 3.53. The molecule has 0 saturated carbocycles. The fraction of sp³-hybridized carbons (Fsp3) is 0.348. The lowest BCUT2D eigenvalue weighted by Gasteiger charge is -2.33. The minimum absolute atomic E-state index is 0.105. The summed E-state index contributed by atoms with van der Waals surface area (Å²) in [6, 6.07) is 9.05. The molecule has 1 N–H and O–H groups in total. The molecule has 7 nitrogen and oxygen atoms in total. The molecule has 1 amide bonds. The van der Waals surface area contributed by atoms with Crippen molar-refractivity contribution in [2.45, 2.75) is 37.5 Å². The predicted octanol–water partition coefficient (Wildman–Crippen LogP) is 4.21. The highest BCUT2D eigenvalue weighted by atomic mass is 32.2. The van der Waals surface area contributed by atoms with E-state index < -0.39 is 21.7 Å². The topological polar surface area (TPSA) is 88.8 Å². The van der Waals surface area contributed by atoms with E-state index in [0.29, 0.717) is 5.69 Å². The highest BCUT2D eigenvalue weighted by Crippen LogP contribution is 2.32. The highest BCUT2D eigenvalue weighted by molar-refractivity contribution is 7.90. The van der Waals surface area contributed by atoms with Gasteiger partial charge in [0.05, 0.1) is 12.5 Å². The van der Waals surface area contributed by atoms with Crippen molar-refractivity contribution in [1.82, 2.24) is 4.72 Å². The quantitative estimate of drug-likeness (QED) is 0.614. The minimum Gasteiger partial charge on any atom is -0.495 e. The first kappa shape index (κ1) is 22.1. The van der Waals surface area contributed by atoms with Crippen molar-refractivity contribution in [1.29, 1.82) is 0 Å². The Kier molecular flexibility index (Phi) is 5.40. The Morgan fingerprint density at radius 1 is 1.16 bits per heavy atom.